The molecule has 1 amide bonds. The van der Waals surface area contributed by atoms with Gasteiger partial charge in [0, 0.05) is 42.1 Å². The lowest BCUT2D eigenvalue weighted by molar-refractivity contribution is -0.138. The second-order valence-electron chi connectivity index (χ2n) is 10.7. The molecule has 0 spiro atoms. The molecule has 2 saturated heterocycles. The van der Waals surface area contributed by atoms with Crippen molar-refractivity contribution in [3.05, 3.63) is 69.7 Å². The highest BCUT2D eigenvalue weighted by atomic mass is 35.5. The van der Waals surface area contributed by atoms with Crippen molar-refractivity contribution in [1.29, 1.82) is 0 Å². The molecule has 8 heteroatoms. The van der Waals surface area contributed by atoms with E-state index < -0.39 is 7.05 Å². The van der Waals surface area contributed by atoms with E-state index in [0.29, 0.717) is 18.2 Å². The van der Waals surface area contributed by atoms with Crippen LogP contribution in [0.15, 0.2) is 48.5 Å². The Kier molecular flexibility index (Phi) is 10.4. The number of benzene rings is 2. The fourth-order valence-electron chi connectivity index (χ4n) is 5.93. The third-order valence-electron chi connectivity index (χ3n) is 8.10. The summed E-state index contributed by atoms with van der Waals surface area (Å²) in [5, 5.41) is 11.3. The third-order valence-corrected chi connectivity index (χ3v) is 8.61. The number of unbranched alkanes of at least 4 members (excludes halogenated alkanes) is 1. The molecule has 2 aliphatic rings. The first-order chi connectivity index (χ1) is 17.9. The summed E-state index contributed by atoms with van der Waals surface area (Å²) in [6, 6.07) is 16.6. The fraction of sp³-hybridized carbons (Fsp3) is 0.552. The Morgan fingerprint density at radius 3 is 2.05 bits per heavy atom. The summed E-state index contributed by atoms with van der Waals surface area (Å²) in [4.78, 5) is 20.4. The average molecular weight is 544 g/mol. The van der Waals surface area contributed by atoms with Crippen molar-refractivity contribution in [1.82, 2.24) is 14.6 Å². The van der Waals surface area contributed by atoms with Crippen LogP contribution in [0.1, 0.15) is 62.6 Å². The van der Waals surface area contributed by atoms with Crippen LogP contribution in [0, 0.1) is 5.92 Å². The van der Waals surface area contributed by atoms with Crippen LogP contribution >= 0.6 is 23.2 Å². The molecule has 2 fully saturated rings. The van der Waals surface area contributed by atoms with Crippen LogP contribution < -0.4 is 0 Å². The molecule has 0 bridgehead atoms. The number of piperidine rings is 1. The van der Waals surface area contributed by atoms with Gasteiger partial charge in [-0.15, -0.1) is 0 Å². The van der Waals surface area contributed by atoms with Gasteiger partial charge in [-0.1, -0.05) is 67.2 Å². The van der Waals surface area contributed by atoms with Crippen molar-refractivity contribution in [2.45, 2.75) is 64.4 Å². The topological polar surface area (TPSA) is 47.0 Å². The Labute approximate surface area is 232 Å². The normalized spacial score (nSPS) is 19.9. The molecule has 0 unspecified atom stereocenters. The molecule has 2 aliphatic heterocycles. The van der Waals surface area contributed by atoms with Gasteiger partial charge in [0.05, 0.1) is 6.04 Å². The SMILES string of the molecule is CCCC[C@H]1CN(C(c2ccc(Cl)cc2)c2ccc(Cl)cc2)CCN1C(=O)CC1CCN(B(C)O)CC1. The number of piperazine rings is 1. The fourth-order valence-corrected chi connectivity index (χ4v) is 6.18. The molecule has 37 heavy (non-hydrogen) atoms. The largest absolute Gasteiger partial charge is 0.437 e. The van der Waals surface area contributed by atoms with E-state index in [1.54, 1.807) is 0 Å². The number of rotatable bonds is 9. The molecular weight excluding hydrogens is 504 g/mol. The first kappa shape index (κ1) is 28.4. The smallest absolute Gasteiger partial charge is 0.376 e. The molecule has 2 aromatic rings. The summed E-state index contributed by atoms with van der Waals surface area (Å²) in [7, 11) is -0.405. The van der Waals surface area contributed by atoms with E-state index >= 15 is 0 Å². The van der Waals surface area contributed by atoms with E-state index in [-0.39, 0.29) is 12.1 Å². The minimum atomic E-state index is -0.405. The maximum absolute atomic E-state index is 13.6. The summed E-state index contributed by atoms with van der Waals surface area (Å²) >= 11 is 12.4. The Morgan fingerprint density at radius 1 is 0.973 bits per heavy atom. The zero-order valence-electron chi connectivity index (χ0n) is 22.2. The summed E-state index contributed by atoms with van der Waals surface area (Å²) < 4.78 is 0. The Morgan fingerprint density at radius 2 is 1.54 bits per heavy atom. The number of nitrogens with zero attached hydrogens (tertiary/aromatic N) is 3. The van der Waals surface area contributed by atoms with Crippen LogP contribution in [0.2, 0.25) is 16.9 Å². The lowest BCUT2D eigenvalue weighted by Gasteiger charge is -2.45. The zero-order valence-corrected chi connectivity index (χ0v) is 23.7. The molecule has 2 aromatic carbocycles. The zero-order chi connectivity index (χ0) is 26.4. The predicted molar refractivity (Wildman–Crippen MR) is 154 cm³/mol. The predicted octanol–water partition coefficient (Wildman–Crippen LogP) is 6.00. The lowest BCUT2D eigenvalue weighted by atomic mass is 9.80. The van der Waals surface area contributed by atoms with Gasteiger partial charge < -0.3 is 14.7 Å². The average Bonchev–Trinajstić information content (AvgIpc) is 2.90. The van der Waals surface area contributed by atoms with Crippen molar-refractivity contribution in [3.63, 3.8) is 0 Å². The lowest BCUT2D eigenvalue weighted by Crippen LogP contribution is -2.56. The molecule has 0 aromatic heterocycles. The minimum absolute atomic E-state index is 0.0840. The maximum atomic E-state index is 13.6. The van der Waals surface area contributed by atoms with E-state index in [4.69, 9.17) is 23.2 Å². The van der Waals surface area contributed by atoms with Crippen molar-refractivity contribution < 1.29 is 9.82 Å². The number of hydrogen-bond donors (Lipinski definition) is 1. The highest BCUT2D eigenvalue weighted by molar-refractivity contribution is 6.45. The molecule has 200 valence electrons. The highest BCUT2D eigenvalue weighted by Gasteiger charge is 2.35. The van der Waals surface area contributed by atoms with Crippen molar-refractivity contribution >= 4 is 36.2 Å². The summed E-state index contributed by atoms with van der Waals surface area (Å²) in [6.45, 7) is 8.20. The quantitative estimate of drug-likeness (QED) is 0.394. The van der Waals surface area contributed by atoms with Gasteiger partial charge in [0.25, 0.3) is 0 Å². The van der Waals surface area contributed by atoms with Gasteiger partial charge in [0.15, 0.2) is 0 Å². The van der Waals surface area contributed by atoms with E-state index in [1.807, 2.05) is 31.1 Å². The van der Waals surface area contributed by atoms with Gasteiger partial charge in [-0.2, -0.15) is 0 Å². The number of halogens is 2. The second kappa shape index (κ2) is 13.5. The molecule has 1 atom stereocenters. The Hall–Kier alpha value is -1.57. The van der Waals surface area contributed by atoms with Crippen LogP contribution in [0.3, 0.4) is 0 Å². The first-order valence-electron chi connectivity index (χ1n) is 13.8. The summed E-state index contributed by atoms with van der Waals surface area (Å²) in [5.41, 5.74) is 2.40. The van der Waals surface area contributed by atoms with Gasteiger partial charge in [0.2, 0.25) is 5.91 Å². The van der Waals surface area contributed by atoms with E-state index in [0.717, 1.165) is 74.9 Å². The molecule has 0 radical (unpaired) electrons. The maximum Gasteiger partial charge on any atom is 0.376 e. The number of carbonyl (C=O) groups excluding carboxylic acids is 1. The second-order valence-corrected chi connectivity index (χ2v) is 11.6. The van der Waals surface area contributed by atoms with Gasteiger partial charge in [-0.3, -0.25) is 9.69 Å². The van der Waals surface area contributed by atoms with Crippen LogP contribution in [0.25, 0.3) is 0 Å². The molecule has 0 aliphatic carbocycles. The highest BCUT2D eigenvalue weighted by Crippen LogP contribution is 2.33. The van der Waals surface area contributed by atoms with Gasteiger partial charge in [0.1, 0.15) is 0 Å². The molecule has 0 saturated carbocycles. The van der Waals surface area contributed by atoms with Crippen LogP contribution in [0.4, 0.5) is 0 Å². The summed E-state index contributed by atoms with van der Waals surface area (Å²) in [5.74, 6) is 0.703. The van der Waals surface area contributed by atoms with Gasteiger partial charge >= 0.3 is 7.05 Å². The Bertz CT molecular complexity index is 952. The number of carbonyl (C=O) groups is 1. The van der Waals surface area contributed by atoms with Gasteiger partial charge in [-0.05, 0) is 80.5 Å². The van der Waals surface area contributed by atoms with E-state index in [9.17, 15) is 9.82 Å². The molecular formula is C29H40BCl2N3O2. The minimum Gasteiger partial charge on any atom is -0.437 e. The van der Waals surface area contributed by atoms with Crippen LogP contribution in [-0.2, 0) is 4.79 Å². The van der Waals surface area contributed by atoms with E-state index in [2.05, 4.69) is 45.8 Å². The van der Waals surface area contributed by atoms with E-state index in [1.165, 1.54) is 11.1 Å². The standard InChI is InChI=1S/C29H40BCl2N3O2/c1-3-4-5-27-21-33(18-19-35(27)28(36)20-22-14-16-34(17-15-22)30(2)37)29(23-6-10-25(31)11-7-23)24-8-12-26(32)13-9-24/h6-13,22,27,29,37H,3-5,14-21H2,1-2H3/t27-/m0/s1. The Balaban J connectivity index is 1.49. The van der Waals surface area contributed by atoms with Crippen LogP contribution in [0.5, 0.6) is 0 Å². The molecule has 4 rings (SSSR count). The van der Waals surface area contributed by atoms with Gasteiger partial charge in [-0.25, -0.2) is 0 Å². The van der Waals surface area contributed by atoms with Crippen LogP contribution in [-0.4, -0.2) is 71.4 Å². The van der Waals surface area contributed by atoms with Crippen molar-refractivity contribution in [3.8, 4) is 0 Å². The molecule has 5 nitrogen and oxygen atoms in total. The van der Waals surface area contributed by atoms with Crippen molar-refractivity contribution in [2.75, 3.05) is 32.7 Å². The summed E-state index contributed by atoms with van der Waals surface area (Å²) in [6.07, 6.45) is 5.83. The monoisotopic (exact) mass is 543 g/mol. The molecule has 1 N–H and O–H groups in total. The number of hydrogen-bond acceptors (Lipinski definition) is 4. The first-order valence-corrected chi connectivity index (χ1v) is 14.6. The molecule has 2 heterocycles. The number of amides is 1. The third kappa shape index (κ3) is 7.51. The van der Waals surface area contributed by atoms with Crippen molar-refractivity contribution in [2.24, 2.45) is 5.92 Å².